The Kier molecular flexibility index (Phi) is 5.46. The number of carboxylic acid groups (broad SMARTS) is 1. The minimum Gasteiger partial charge on any atom is -0.481 e. The molecule has 1 aliphatic rings. The minimum absolute atomic E-state index is 0.0357. The Balaban J connectivity index is 2.85. The maximum atomic E-state index is 13.1. The summed E-state index contributed by atoms with van der Waals surface area (Å²) in [6, 6.07) is 0.0357. The van der Waals surface area contributed by atoms with Gasteiger partial charge in [-0.25, -0.2) is 0 Å². The van der Waals surface area contributed by atoms with Crippen molar-refractivity contribution < 1.29 is 23.1 Å². The van der Waals surface area contributed by atoms with Gasteiger partial charge in [0, 0.05) is 12.6 Å². The van der Waals surface area contributed by atoms with Crippen molar-refractivity contribution in [2.24, 2.45) is 11.3 Å². The van der Waals surface area contributed by atoms with E-state index in [1.54, 1.807) is 4.90 Å². The van der Waals surface area contributed by atoms with Crippen molar-refractivity contribution in [3.05, 3.63) is 0 Å². The lowest BCUT2D eigenvalue weighted by Gasteiger charge is -2.32. The summed E-state index contributed by atoms with van der Waals surface area (Å²) in [4.78, 5) is 12.9. The monoisotopic (exact) mass is 295 g/mol. The van der Waals surface area contributed by atoms with Gasteiger partial charge in [0.05, 0.1) is 0 Å². The molecular weight excluding hydrogens is 271 g/mol. The third-order valence-electron chi connectivity index (χ3n) is 4.61. The van der Waals surface area contributed by atoms with Gasteiger partial charge >= 0.3 is 12.1 Å². The third-order valence-corrected chi connectivity index (χ3v) is 4.61. The number of aliphatic carboxylic acids is 1. The zero-order chi connectivity index (χ0) is 15.6. The SMILES string of the molecule is CCC(C)CC(CC)N1CCC(C(=O)O)(C(F)(F)F)C1. The van der Waals surface area contributed by atoms with Crippen LogP contribution in [0.4, 0.5) is 13.2 Å². The molecule has 0 aromatic rings. The van der Waals surface area contributed by atoms with E-state index in [4.69, 9.17) is 5.11 Å². The average molecular weight is 295 g/mol. The summed E-state index contributed by atoms with van der Waals surface area (Å²) in [5, 5.41) is 9.05. The van der Waals surface area contributed by atoms with Crippen LogP contribution in [-0.2, 0) is 4.79 Å². The first kappa shape index (κ1) is 17.3. The lowest BCUT2D eigenvalue weighted by Crippen LogP contribution is -2.48. The second-order valence-corrected chi connectivity index (χ2v) is 5.92. The highest BCUT2D eigenvalue weighted by Crippen LogP contribution is 2.46. The van der Waals surface area contributed by atoms with Crippen LogP contribution in [0.2, 0.25) is 0 Å². The minimum atomic E-state index is -4.69. The normalized spacial score (nSPS) is 27.5. The van der Waals surface area contributed by atoms with E-state index in [1.165, 1.54) is 0 Å². The highest BCUT2D eigenvalue weighted by Gasteiger charge is 2.63. The zero-order valence-electron chi connectivity index (χ0n) is 12.3. The molecule has 118 valence electrons. The van der Waals surface area contributed by atoms with Gasteiger partial charge in [-0.15, -0.1) is 0 Å². The first-order chi connectivity index (χ1) is 9.17. The van der Waals surface area contributed by atoms with Gasteiger partial charge in [0.1, 0.15) is 0 Å². The highest BCUT2D eigenvalue weighted by atomic mass is 19.4. The van der Waals surface area contributed by atoms with Gasteiger partial charge in [-0.2, -0.15) is 13.2 Å². The summed E-state index contributed by atoms with van der Waals surface area (Å²) in [6.45, 7) is 5.87. The van der Waals surface area contributed by atoms with Crippen molar-refractivity contribution in [1.82, 2.24) is 4.90 Å². The molecule has 1 saturated heterocycles. The van der Waals surface area contributed by atoms with Crippen LogP contribution in [0.3, 0.4) is 0 Å². The van der Waals surface area contributed by atoms with Gasteiger partial charge in [-0.3, -0.25) is 9.69 Å². The number of rotatable bonds is 6. The molecule has 3 atom stereocenters. The molecule has 1 N–H and O–H groups in total. The summed E-state index contributed by atoms with van der Waals surface area (Å²) >= 11 is 0. The fourth-order valence-electron chi connectivity index (χ4n) is 2.88. The molecule has 1 heterocycles. The van der Waals surface area contributed by atoms with E-state index in [0.717, 1.165) is 19.3 Å². The molecule has 0 bridgehead atoms. The Morgan fingerprint density at radius 3 is 2.30 bits per heavy atom. The summed E-state index contributed by atoms with van der Waals surface area (Å²) in [6.07, 6.45) is -2.49. The molecule has 1 aliphatic heterocycles. The van der Waals surface area contributed by atoms with Crippen LogP contribution in [0.25, 0.3) is 0 Å². The largest absolute Gasteiger partial charge is 0.481 e. The van der Waals surface area contributed by atoms with Crippen molar-refractivity contribution in [2.75, 3.05) is 13.1 Å². The molecule has 0 spiro atoms. The van der Waals surface area contributed by atoms with Gasteiger partial charge in [-0.05, 0) is 31.7 Å². The van der Waals surface area contributed by atoms with E-state index in [0.29, 0.717) is 5.92 Å². The molecule has 0 saturated carbocycles. The number of nitrogens with zero attached hydrogens (tertiary/aromatic N) is 1. The van der Waals surface area contributed by atoms with E-state index in [9.17, 15) is 18.0 Å². The predicted molar refractivity (Wildman–Crippen MR) is 70.5 cm³/mol. The van der Waals surface area contributed by atoms with Crippen molar-refractivity contribution in [3.63, 3.8) is 0 Å². The van der Waals surface area contributed by atoms with Crippen molar-refractivity contribution in [2.45, 2.75) is 58.7 Å². The van der Waals surface area contributed by atoms with Crippen LogP contribution in [0.1, 0.15) is 46.5 Å². The summed E-state index contributed by atoms with van der Waals surface area (Å²) in [7, 11) is 0. The van der Waals surface area contributed by atoms with Gasteiger partial charge in [0.25, 0.3) is 0 Å². The molecule has 20 heavy (non-hydrogen) atoms. The Hall–Kier alpha value is -0.780. The number of hydrogen-bond acceptors (Lipinski definition) is 2. The molecule has 1 fully saturated rings. The highest BCUT2D eigenvalue weighted by molar-refractivity contribution is 5.76. The first-order valence-electron chi connectivity index (χ1n) is 7.22. The molecule has 1 rings (SSSR count). The molecule has 0 aliphatic carbocycles. The topological polar surface area (TPSA) is 40.5 Å². The Morgan fingerprint density at radius 2 is 1.95 bits per heavy atom. The quantitative estimate of drug-likeness (QED) is 0.815. The smallest absolute Gasteiger partial charge is 0.406 e. The van der Waals surface area contributed by atoms with Crippen LogP contribution >= 0.6 is 0 Å². The lowest BCUT2D eigenvalue weighted by atomic mass is 9.86. The van der Waals surface area contributed by atoms with E-state index in [-0.39, 0.29) is 19.0 Å². The standard InChI is InChI=1S/C14H24F3NO2/c1-4-10(3)8-11(5-2)18-7-6-13(9-18,12(19)20)14(15,16)17/h10-11H,4-9H2,1-3H3,(H,19,20). The number of halogens is 3. The summed E-state index contributed by atoms with van der Waals surface area (Å²) < 4.78 is 39.4. The molecule has 0 aromatic carbocycles. The second-order valence-electron chi connectivity index (χ2n) is 5.92. The van der Waals surface area contributed by atoms with Gasteiger partial charge in [0.15, 0.2) is 5.41 Å². The maximum absolute atomic E-state index is 13.1. The number of carboxylic acids is 1. The molecule has 0 radical (unpaired) electrons. The molecule has 0 aromatic heterocycles. The van der Waals surface area contributed by atoms with Crippen LogP contribution in [0, 0.1) is 11.3 Å². The van der Waals surface area contributed by atoms with Crippen molar-refractivity contribution in [3.8, 4) is 0 Å². The first-order valence-corrected chi connectivity index (χ1v) is 7.22. The number of alkyl halides is 3. The van der Waals surface area contributed by atoms with Gasteiger partial charge in [-0.1, -0.05) is 27.2 Å². The van der Waals surface area contributed by atoms with Gasteiger partial charge in [0.2, 0.25) is 0 Å². The fourth-order valence-corrected chi connectivity index (χ4v) is 2.88. The molecule has 0 amide bonds. The Bertz CT molecular complexity index is 346. The lowest BCUT2D eigenvalue weighted by molar-refractivity contribution is -0.228. The zero-order valence-corrected chi connectivity index (χ0v) is 12.3. The van der Waals surface area contributed by atoms with E-state index in [2.05, 4.69) is 13.8 Å². The third kappa shape index (κ3) is 3.27. The molecule has 6 heteroatoms. The molecule has 3 unspecified atom stereocenters. The van der Waals surface area contributed by atoms with Crippen molar-refractivity contribution >= 4 is 5.97 Å². The second kappa shape index (κ2) is 6.33. The van der Waals surface area contributed by atoms with E-state index < -0.39 is 24.1 Å². The van der Waals surface area contributed by atoms with Crippen LogP contribution in [0.5, 0.6) is 0 Å². The number of carbonyl (C=O) groups is 1. The van der Waals surface area contributed by atoms with Crippen LogP contribution < -0.4 is 0 Å². The maximum Gasteiger partial charge on any atom is 0.406 e. The van der Waals surface area contributed by atoms with E-state index >= 15 is 0 Å². The Labute approximate surface area is 118 Å². The Morgan fingerprint density at radius 1 is 1.35 bits per heavy atom. The summed E-state index contributed by atoms with van der Waals surface area (Å²) in [5.74, 6) is -1.31. The van der Waals surface area contributed by atoms with Crippen LogP contribution in [-0.4, -0.2) is 41.3 Å². The fraction of sp³-hybridized carbons (Fsp3) is 0.929. The van der Waals surface area contributed by atoms with E-state index in [1.807, 2.05) is 6.92 Å². The summed E-state index contributed by atoms with van der Waals surface area (Å²) in [5.41, 5.74) is -2.59. The number of likely N-dealkylation sites (tertiary alicyclic amines) is 1. The van der Waals surface area contributed by atoms with Gasteiger partial charge < -0.3 is 5.11 Å². The predicted octanol–water partition coefficient (Wildman–Crippen LogP) is 3.54. The van der Waals surface area contributed by atoms with Crippen molar-refractivity contribution in [1.29, 1.82) is 0 Å². The van der Waals surface area contributed by atoms with Crippen LogP contribution in [0.15, 0.2) is 0 Å². The number of hydrogen-bond donors (Lipinski definition) is 1. The average Bonchev–Trinajstić information content (AvgIpc) is 2.81. The molecule has 3 nitrogen and oxygen atoms in total. The molecular formula is C14H24F3NO2.